The monoisotopic (exact) mass is 335 g/mol. The van der Waals surface area contributed by atoms with Gasteiger partial charge in [-0.3, -0.25) is 0 Å². The minimum atomic E-state index is 0.617. The molecule has 6 heteroatoms. The summed E-state index contributed by atoms with van der Waals surface area (Å²) in [7, 11) is 6.64. The summed E-state index contributed by atoms with van der Waals surface area (Å²) in [5.74, 6) is 1.02. The van der Waals surface area contributed by atoms with Crippen LogP contribution in [0.1, 0.15) is 5.82 Å². The van der Waals surface area contributed by atoms with E-state index in [1.807, 2.05) is 35.0 Å². The number of imidazole rings is 1. The molecule has 0 aliphatic heterocycles. The first-order chi connectivity index (χ1) is 12.0. The average Bonchev–Trinajstić information content (AvgIpc) is 3.14. The molecule has 0 N–H and O–H groups in total. The molecule has 4 aromatic rings. The number of fused-ring (bicyclic) bond motifs is 2. The minimum absolute atomic E-state index is 0.617. The fourth-order valence-electron chi connectivity index (χ4n) is 3.06. The van der Waals surface area contributed by atoms with Crippen molar-refractivity contribution in [3.8, 4) is 0 Å². The Kier molecular flexibility index (Phi) is 3.77. The Labute approximate surface area is 146 Å². The highest BCUT2D eigenvalue weighted by Gasteiger charge is 2.15. The van der Waals surface area contributed by atoms with Crippen molar-refractivity contribution in [3.63, 3.8) is 0 Å². The minimum Gasteiger partial charge on any atom is -0.329 e. The summed E-state index contributed by atoms with van der Waals surface area (Å²) >= 11 is 0. The Hall–Kier alpha value is -2.73. The number of hydrogen-bond acceptors (Lipinski definition) is 3. The van der Waals surface area contributed by atoms with Crippen molar-refractivity contribution in [2.24, 2.45) is 0 Å². The van der Waals surface area contributed by atoms with Crippen LogP contribution in [-0.4, -0.2) is 56.7 Å². The van der Waals surface area contributed by atoms with Crippen molar-refractivity contribution < 1.29 is 4.48 Å². The van der Waals surface area contributed by atoms with Crippen LogP contribution < -0.4 is 0 Å². The molecule has 0 radical (unpaired) electrons. The number of aromatic nitrogens is 5. The van der Waals surface area contributed by atoms with E-state index in [0.717, 1.165) is 39.9 Å². The molecule has 0 bridgehead atoms. The number of likely N-dealkylation sites (N-methyl/N-ethyl adjacent to an activating group) is 1. The summed E-state index contributed by atoms with van der Waals surface area (Å²) in [6, 6.07) is 16.4. The molecule has 0 aliphatic rings. The van der Waals surface area contributed by atoms with Gasteiger partial charge in [0.15, 0.2) is 0 Å². The predicted octanol–water partition coefficient (Wildman–Crippen LogP) is 2.54. The molecule has 0 unspecified atom stereocenters. The standard InChI is InChI=1S/C19H23N6/c1-25(2,3)13-12-23-17-10-6-4-8-15(17)20-19(23)14-24-18-11-7-5-9-16(18)21-22-24/h4-11H,12-14H2,1-3H3/q+1. The normalized spacial score (nSPS) is 12.3. The maximum atomic E-state index is 4.86. The number of rotatable bonds is 5. The maximum Gasteiger partial charge on any atom is 0.131 e. The first kappa shape index (κ1) is 15.8. The van der Waals surface area contributed by atoms with Crippen LogP contribution in [0.2, 0.25) is 0 Å². The summed E-state index contributed by atoms with van der Waals surface area (Å²) in [6.45, 7) is 2.57. The van der Waals surface area contributed by atoms with E-state index in [4.69, 9.17) is 4.98 Å². The second-order valence-corrected chi connectivity index (χ2v) is 7.42. The van der Waals surface area contributed by atoms with Crippen LogP contribution >= 0.6 is 0 Å². The maximum absolute atomic E-state index is 4.86. The van der Waals surface area contributed by atoms with Gasteiger partial charge >= 0.3 is 0 Å². The molecule has 0 aliphatic carbocycles. The molecule has 0 amide bonds. The molecule has 0 atom stereocenters. The van der Waals surface area contributed by atoms with Crippen LogP contribution in [0.25, 0.3) is 22.1 Å². The number of quaternary nitrogens is 1. The zero-order chi connectivity index (χ0) is 17.4. The molecule has 0 fully saturated rings. The van der Waals surface area contributed by atoms with Crippen LogP contribution in [0.3, 0.4) is 0 Å². The topological polar surface area (TPSA) is 48.5 Å². The highest BCUT2D eigenvalue weighted by Crippen LogP contribution is 2.18. The fraction of sp³-hybridized carbons (Fsp3) is 0.316. The van der Waals surface area contributed by atoms with Crippen LogP contribution in [0.4, 0.5) is 0 Å². The highest BCUT2D eigenvalue weighted by molar-refractivity contribution is 5.76. The Morgan fingerprint density at radius 3 is 2.32 bits per heavy atom. The zero-order valence-corrected chi connectivity index (χ0v) is 14.9. The first-order valence-corrected chi connectivity index (χ1v) is 8.54. The quantitative estimate of drug-likeness (QED) is 0.527. The van der Waals surface area contributed by atoms with E-state index in [1.165, 1.54) is 5.52 Å². The van der Waals surface area contributed by atoms with Crippen molar-refractivity contribution in [2.75, 3.05) is 27.7 Å². The van der Waals surface area contributed by atoms with E-state index in [0.29, 0.717) is 6.54 Å². The Morgan fingerprint density at radius 1 is 0.880 bits per heavy atom. The van der Waals surface area contributed by atoms with Gasteiger partial charge in [0.1, 0.15) is 17.9 Å². The van der Waals surface area contributed by atoms with Crippen molar-refractivity contribution in [1.29, 1.82) is 0 Å². The zero-order valence-electron chi connectivity index (χ0n) is 14.9. The number of para-hydroxylation sites is 3. The molecule has 2 aromatic heterocycles. The summed E-state index contributed by atoms with van der Waals surface area (Å²) in [5, 5.41) is 8.58. The second-order valence-electron chi connectivity index (χ2n) is 7.42. The van der Waals surface area contributed by atoms with Gasteiger partial charge in [-0.15, -0.1) is 5.10 Å². The summed E-state index contributed by atoms with van der Waals surface area (Å²) in [6.07, 6.45) is 0. The van der Waals surface area contributed by atoms with Gasteiger partial charge in [-0.25, -0.2) is 9.67 Å². The van der Waals surface area contributed by atoms with Crippen molar-refractivity contribution in [3.05, 3.63) is 54.4 Å². The van der Waals surface area contributed by atoms with Gasteiger partial charge in [-0.05, 0) is 24.3 Å². The lowest BCUT2D eigenvalue weighted by Crippen LogP contribution is -2.37. The number of benzene rings is 2. The smallest absolute Gasteiger partial charge is 0.131 e. The molecule has 0 spiro atoms. The fourth-order valence-corrected chi connectivity index (χ4v) is 3.06. The highest BCUT2D eigenvalue weighted by atomic mass is 15.4. The molecule has 25 heavy (non-hydrogen) atoms. The predicted molar refractivity (Wildman–Crippen MR) is 99.3 cm³/mol. The molecule has 0 saturated carbocycles. The Morgan fingerprint density at radius 2 is 1.56 bits per heavy atom. The molecular weight excluding hydrogens is 312 g/mol. The molecule has 2 aromatic carbocycles. The molecule has 2 heterocycles. The summed E-state index contributed by atoms with van der Waals surface area (Å²) in [4.78, 5) is 4.86. The number of hydrogen-bond donors (Lipinski definition) is 0. The summed E-state index contributed by atoms with van der Waals surface area (Å²) in [5.41, 5.74) is 4.16. The Balaban J connectivity index is 1.75. The van der Waals surface area contributed by atoms with Gasteiger partial charge in [0.25, 0.3) is 0 Å². The second kappa shape index (κ2) is 5.97. The SMILES string of the molecule is C[N+](C)(C)CCn1c(Cn2nnc3ccccc32)nc2ccccc21. The van der Waals surface area contributed by atoms with Gasteiger partial charge in [0.2, 0.25) is 0 Å². The molecule has 128 valence electrons. The van der Waals surface area contributed by atoms with E-state index in [2.05, 4.69) is 54.2 Å². The van der Waals surface area contributed by atoms with E-state index < -0.39 is 0 Å². The molecule has 4 rings (SSSR count). The van der Waals surface area contributed by atoms with Crippen LogP contribution in [0.5, 0.6) is 0 Å². The van der Waals surface area contributed by atoms with Crippen LogP contribution in [-0.2, 0) is 13.1 Å². The Bertz CT molecular complexity index is 1020. The van der Waals surface area contributed by atoms with Gasteiger partial charge in [-0.1, -0.05) is 29.5 Å². The molecule has 0 saturated heterocycles. The van der Waals surface area contributed by atoms with Crippen molar-refractivity contribution >= 4 is 22.1 Å². The number of nitrogens with zero attached hydrogens (tertiary/aromatic N) is 6. The van der Waals surface area contributed by atoms with E-state index in [1.54, 1.807) is 0 Å². The lowest BCUT2D eigenvalue weighted by Gasteiger charge is -2.24. The molecule has 6 nitrogen and oxygen atoms in total. The van der Waals surface area contributed by atoms with Crippen LogP contribution in [0.15, 0.2) is 48.5 Å². The van der Waals surface area contributed by atoms with E-state index >= 15 is 0 Å². The van der Waals surface area contributed by atoms with Gasteiger partial charge in [0, 0.05) is 0 Å². The van der Waals surface area contributed by atoms with Crippen molar-refractivity contribution in [2.45, 2.75) is 13.1 Å². The summed E-state index contributed by atoms with van der Waals surface area (Å²) < 4.78 is 5.16. The van der Waals surface area contributed by atoms with Gasteiger partial charge in [-0.2, -0.15) is 0 Å². The third-order valence-corrected chi connectivity index (χ3v) is 4.44. The van der Waals surface area contributed by atoms with Gasteiger partial charge in [0.05, 0.1) is 50.8 Å². The first-order valence-electron chi connectivity index (χ1n) is 8.54. The van der Waals surface area contributed by atoms with E-state index in [-0.39, 0.29) is 0 Å². The lowest BCUT2D eigenvalue weighted by molar-refractivity contribution is -0.870. The van der Waals surface area contributed by atoms with Gasteiger partial charge < -0.3 is 9.05 Å². The average molecular weight is 335 g/mol. The third-order valence-electron chi connectivity index (χ3n) is 4.44. The molecular formula is C19H23N6+. The van der Waals surface area contributed by atoms with E-state index in [9.17, 15) is 0 Å². The third kappa shape index (κ3) is 3.13. The largest absolute Gasteiger partial charge is 0.329 e. The van der Waals surface area contributed by atoms with Crippen molar-refractivity contribution in [1.82, 2.24) is 24.5 Å². The van der Waals surface area contributed by atoms with Crippen LogP contribution in [0, 0.1) is 0 Å². The lowest BCUT2D eigenvalue weighted by atomic mass is 10.3.